The molecule has 0 saturated carbocycles. The van der Waals surface area contributed by atoms with Gasteiger partial charge in [-0.3, -0.25) is 9.59 Å². The maximum Gasteiger partial charge on any atom is 0.276 e. The van der Waals surface area contributed by atoms with Gasteiger partial charge in [-0.25, -0.2) is 0 Å². The minimum atomic E-state index is -0.305. The lowest BCUT2D eigenvalue weighted by Gasteiger charge is -2.19. The maximum absolute atomic E-state index is 11.9. The van der Waals surface area contributed by atoms with Crippen molar-refractivity contribution in [2.75, 3.05) is 13.1 Å². The van der Waals surface area contributed by atoms with Crippen molar-refractivity contribution >= 4 is 11.8 Å². The summed E-state index contributed by atoms with van der Waals surface area (Å²) in [5.41, 5.74) is 0.212. The van der Waals surface area contributed by atoms with Gasteiger partial charge in [-0.2, -0.15) is 15.4 Å². The predicted molar refractivity (Wildman–Crippen MR) is 61.2 cm³/mol. The van der Waals surface area contributed by atoms with E-state index in [4.69, 9.17) is 0 Å². The number of hydrogen-bond acceptors (Lipinski definition) is 4. The van der Waals surface area contributed by atoms with Crippen LogP contribution in [0.4, 0.5) is 0 Å². The quantitative estimate of drug-likeness (QED) is 0.744. The smallest absolute Gasteiger partial charge is 0.276 e. The van der Waals surface area contributed by atoms with Crippen molar-refractivity contribution in [2.24, 2.45) is 0 Å². The average Bonchev–Trinajstić information content (AvgIpc) is 2.77. The Hall–Kier alpha value is -1.92. The first kappa shape index (κ1) is 13.1. The summed E-state index contributed by atoms with van der Waals surface area (Å²) >= 11 is 0. The van der Waals surface area contributed by atoms with Crippen molar-refractivity contribution in [3.8, 4) is 0 Å². The highest BCUT2D eigenvalue weighted by molar-refractivity contribution is 5.94. The Labute approximate surface area is 99.6 Å². The molecule has 2 N–H and O–H groups in total. The lowest BCUT2D eigenvalue weighted by molar-refractivity contribution is -0.122. The van der Waals surface area contributed by atoms with E-state index < -0.39 is 0 Å². The third-order valence-electron chi connectivity index (χ3n) is 2.09. The normalized spacial score (nSPS) is 10.4. The van der Waals surface area contributed by atoms with Crippen LogP contribution >= 0.6 is 0 Å². The maximum atomic E-state index is 11.9. The van der Waals surface area contributed by atoms with Crippen molar-refractivity contribution < 1.29 is 9.59 Å². The van der Waals surface area contributed by atoms with Crippen molar-refractivity contribution in [3.63, 3.8) is 0 Å². The van der Waals surface area contributed by atoms with Gasteiger partial charge >= 0.3 is 0 Å². The minimum absolute atomic E-state index is 0.0281. The highest BCUT2D eigenvalue weighted by atomic mass is 16.2. The molecule has 17 heavy (non-hydrogen) atoms. The number of amides is 2. The number of rotatable bonds is 5. The molecule has 0 bridgehead atoms. The van der Waals surface area contributed by atoms with Crippen LogP contribution in [-0.2, 0) is 4.79 Å². The molecule has 0 fully saturated rings. The van der Waals surface area contributed by atoms with Gasteiger partial charge < -0.3 is 10.2 Å². The second kappa shape index (κ2) is 5.97. The number of H-pyrrole nitrogens is 1. The first-order valence-corrected chi connectivity index (χ1v) is 5.49. The summed E-state index contributed by atoms with van der Waals surface area (Å²) in [6, 6.07) is 0.0587. The number of nitrogens with zero attached hydrogens (tertiary/aromatic N) is 3. The van der Waals surface area contributed by atoms with E-state index in [-0.39, 0.29) is 30.1 Å². The topological polar surface area (TPSA) is 91.0 Å². The molecule has 0 aromatic carbocycles. The van der Waals surface area contributed by atoms with Gasteiger partial charge in [0.05, 0.1) is 12.7 Å². The summed E-state index contributed by atoms with van der Waals surface area (Å²) in [5.74, 6) is -0.487. The summed E-state index contributed by atoms with van der Waals surface area (Å²) in [7, 11) is 0. The molecule has 2 amide bonds. The van der Waals surface area contributed by atoms with Gasteiger partial charge in [0.25, 0.3) is 5.91 Å². The van der Waals surface area contributed by atoms with Crippen LogP contribution in [0.2, 0.25) is 0 Å². The predicted octanol–water partition coefficient (Wildman–Crippen LogP) is -0.209. The van der Waals surface area contributed by atoms with Crippen molar-refractivity contribution in [1.82, 2.24) is 25.6 Å². The third kappa shape index (κ3) is 3.86. The van der Waals surface area contributed by atoms with E-state index in [0.29, 0.717) is 6.54 Å². The zero-order chi connectivity index (χ0) is 12.8. The van der Waals surface area contributed by atoms with Gasteiger partial charge in [-0.15, -0.1) is 0 Å². The number of carbonyl (C=O) groups excluding carboxylic acids is 2. The summed E-state index contributed by atoms with van der Waals surface area (Å²) in [6.07, 6.45) is 1.34. The van der Waals surface area contributed by atoms with Crippen LogP contribution in [0.15, 0.2) is 6.20 Å². The summed E-state index contributed by atoms with van der Waals surface area (Å²) in [4.78, 5) is 24.8. The molecule has 0 aliphatic rings. The molecule has 0 aliphatic carbocycles. The van der Waals surface area contributed by atoms with Gasteiger partial charge in [0.15, 0.2) is 5.69 Å². The van der Waals surface area contributed by atoms with Crippen LogP contribution in [0.5, 0.6) is 0 Å². The van der Waals surface area contributed by atoms with E-state index in [2.05, 4.69) is 20.7 Å². The van der Waals surface area contributed by atoms with Crippen molar-refractivity contribution in [3.05, 3.63) is 11.9 Å². The molecule has 1 aromatic heterocycles. The number of nitrogens with one attached hydrogen (secondary N) is 2. The monoisotopic (exact) mass is 239 g/mol. The zero-order valence-corrected chi connectivity index (χ0v) is 10.2. The lowest BCUT2D eigenvalue weighted by atomic mass is 10.3. The number of carbonyl (C=O) groups is 2. The molecular formula is C10H17N5O2. The van der Waals surface area contributed by atoms with Crippen LogP contribution < -0.4 is 5.32 Å². The molecular weight excluding hydrogens is 222 g/mol. The Morgan fingerprint density at radius 1 is 1.53 bits per heavy atom. The van der Waals surface area contributed by atoms with E-state index >= 15 is 0 Å². The Morgan fingerprint density at radius 3 is 2.71 bits per heavy atom. The molecule has 0 radical (unpaired) electrons. The Morgan fingerprint density at radius 2 is 2.24 bits per heavy atom. The Kier molecular flexibility index (Phi) is 4.62. The van der Waals surface area contributed by atoms with Gasteiger partial charge in [-0.05, 0) is 20.8 Å². The molecule has 0 aliphatic heterocycles. The second-order valence-corrected chi connectivity index (χ2v) is 3.90. The molecule has 0 saturated heterocycles. The molecule has 0 atom stereocenters. The van der Waals surface area contributed by atoms with Crippen molar-refractivity contribution in [2.45, 2.75) is 26.8 Å². The highest BCUT2D eigenvalue weighted by Gasteiger charge is 2.19. The van der Waals surface area contributed by atoms with Crippen LogP contribution in [0.1, 0.15) is 31.3 Å². The molecule has 1 heterocycles. The summed E-state index contributed by atoms with van der Waals surface area (Å²) < 4.78 is 0. The van der Waals surface area contributed by atoms with E-state index in [9.17, 15) is 9.59 Å². The Bertz CT molecular complexity index is 374. The Balaban J connectivity index is 2.60. The van der Waals surface area contributed by atoms with E-state index in [1.807, 2.05) is 13.8 Å². The van der Waals surface area contributed by atoms with Gasteiger partial charge in [0.1, 0.15) is 0 Å². The average molecular weight is 239 g/mol. The first-order chi connectivity index (χ1) is 8.04. The van der Waals surface area contributed by atoms with Crippen LogP contribution in [0, 0.1) is 0 Å². The van der Waals surface area contributed by atoms with Crippen molar-refractivity contribution in [1.29, 1.82) is 0 Å². The number of aromatic nitrogens is 3. The fourth-order valence-electron chi connectivity index (χ4n) is 1.33. The largest absolute Gasteiger partial charge is 0.352 e. The standard InChI is InChI=1S/C10H17N5O2/c1-4-15(6-9(16)12-7(2)3)10(17)8-5-11-14-13-8/h5,7H,4,6H2,1-3H3,(H,12,16)(H,11,13,14). The van der Waals surface area contributed by atoms with Gasteiger partial charge in [0, 0.05) is 12.6 Å². The number of aromatic amines is 1. The molecule has 7 nitrogen and oxygen atoms in total. The SMILES string of the molecule is CCN(CC(=O)NC(C)C)C(=O)c1cn[nH]n1. The molecule has 0 spiro atoms. The molecule has 1 rings (SSSR count). The summed E-state index contributed by atoms with van der Waals surface area (Å²) in [5, 5.41) is 12.4. The molecule has 0 unspecified atom stereocenters. The third-order valence-corrected chi connectivity index (χ3v) is 2.09. The van der Waals surface area contributed by atoms with E-state index in [0.717, 1.165) is 0 Å². The molecule has 94 valence electrons. The molecule has 1 aromatic rings. The number of likely N-dealkylation sites (N-methyl/N-ethyl adjacent to an activating group) is 1. The summed E-state index contributed by atoms with van der Waals surface area (Å²) in [6.45, 7) is 6.01. The van der Waals surface area contributed by atoms with Crippen LogP contribution in [0.3, 0.4) is 0 Å². The second-order valence-electron chi connectivity index (χ2n) is 3.90. The van der Waals surface area contributed by atoms with E-state index in [1.165, 1.54) is 11.1 Å². The van der Waals surface area contributed by atoms with E-state index in [1.54, 1.807) is 6.92 Å². The zero-order valence-electron chi connectivity index (χ0n) is 10.2. The first-order valence-electron chi connectivity index (χ1n) is 5.49. The molecule has 7 heteroatoms. The highest BCUT2D eigenvalue weighted by Crippen LogP contribution is 1.99. The fraction of sp³-hybridized carbons (Fsp3) is 0.600. The van der Waals surface area contributed by atoms with Gasteiger partial charge in [-0.1, -0.05) is 0 Å². The fourth-order valence-corrected chi connectivity index (χ4v) is 1.33. The van der Waals surface area contributed by atoms with Gasteiger partial charge in [0.2, 0.25) is 5.91 Å². The van der Waals surface area contributed by atoms with Crippen LogP contribution in [0.25, 0.3) is 0 Å². The number of hydrogen-bond donors (Lipinski definition) is 2. The van der Waals surface area contributed by atoms with Crippen LogP contribution in [-0.4, -0.2) is 51.3 Å². The lowest BCUT2D eigenvalue weighted by Crippen LogP contribution is -2.42. The minimum Gasteiger partial charge on any atom is -0.352 e.